The van der Waals surface area contributed by atoms with E-state index in [1.165, 1.54) is 17.0 Å². The summed E-state index contributed by atoms with van der Waals surface area (Å²) in [5, 5.41) is 21.1. The van der Waals surface area contributed by atoms with E-state index in [1.807, 2.05) is 36.4 Å². The number of β-amino-alcohol motifs (C(OH)–C–C–N with tert-alkyl or cyclic N) is 1. The van der Waals surface area contributed by atoms with E-state index < -0.39 is 18.1 Å². The van der Waals surface area contributed by atoms with E-state index >= 15 is 0 Å². The molecule has 3 heterocycles. The second-order valence-electron chi connectivity index (χ2n) is 6.80. The van der Waals surface area contributed by atoms with Crippen LogP contribution in [0.3, 0.4) is 0 Å². The Kier molecular flexibility index (Phi) is 4.59. The van der Waals surface area contributed by atoms with E-state index in [0.717, 1.165) is 5.56 Å². The molecule has 3 N–H and O–H groups in total. The summed E-state index contributed by atoms with van der Waals surface area (Å²) in [6.07, 6.45) is -0.172. The fourth-order valence-corrected chi connectivity index (χ4v) is 3.24. The van der Waals surface area contributed by atoms with Gasteiger partial charge in [-0.1, -0.05) is 30.3 Å². The van der Waals surface area contributed by atoms with Crippen molar-refractivity contribution in [1.29, 1.82) is 5.26 Å². The highest BCUT2D eigenvalue weighted by Crippen LogP contribution is 2.20. The topological polar surface area (TPSA) is 122 Å². The van der Waals surface area contributed by atoms with Crippen LogP contribution < -0.4 is 5.32 Å². The number of benzene rings is 1. The molecule has 0 unspecified atom stereocenters. The van der Waals surface area contributed by atoms with Gasteiger partial charge in [-0.3, -0.25) is 9.59 Å². The Morgan fingerprint density at radius 3 is 2.71 bits per heavy atom. The summed E-state index contributed by atoms with van der Waals surface area (Å²) in [5.41, 5.74) is 2.10. The number of aromatic nitrogens is 1. The summed E-state index contributed by atoms with van der Waals surface area (Å²) in [4.78, 5) is 29.9. The minimum Gasteiger partial charge on any atom is -0.444 e. The molecular weight excluding hydrogens is 360 g/mol. The number of aliphatic hydroxyl groups is 1. The number of fused-ring (bicyclic) bond motifs is 1. The van der Waals surface area contributed by atoms with Gasteiger partial charge in [-0.2, -0.15) is 5.26 Å². The minimum absolute atomic E-state index is 0.154. The summed E-state index contributed by atoms with van der Waals surface area (Å²) >= 11 is 0. The smallest absolute Gasteiger partial charge is 0.268 e. The van der Waals surface area contributed by atoms with Crippen molar-refractivity contribution >= 4 is 22.9 Å². The van der Waals surface area contributed by atoms with Gasteiger partial charge in [0.1, 0.15) is 17.8 Å². The lowest BCUT2D eigenvalue weighted by atomic mass is 10.0. The van der Waals surface area contributed by atoms with Gasteiger partial charge in [0.15, 0.2) is 5.58 Å². The maximum absolute atomic E-state index is 12.8. The molecule has 8 nitrogen and oxygen atoms in total. The number of carbonyl (C=O) groups excluding carboxylic acids is 2. The molecule has 2 amide bonds. The average molecular weight is 378 g/mol. The van der Waals surface area contributed by atoms with Crippen molar-refractivity contribution in [3.63, 3.8) is 0 Å². The Labute approximate surface area is 160 Å². The second-order valence-corrected chi connectivity index (χ2v) is 6.80. The number of likely N-dealkylation sites (tertiary alicyclic amines) is 1. The third-order valence-corrected chi connectivity index (χ3v) is 4.72. The lowest BCUT2D eigenvalue weighted by molar-refractivity contribution is -0.143. The highest BCUT2D eigenvalue weighted by Gasteiger charge is 2.34. The van der Waals surface area contributed by atoms with Gasteiger partial charge >= 0.3 is 0 Å². The molecule has 142 valence electrons. The zero-order chi connectivity index (χ0) is 19.7. The molecule has 1 aromatic carbocycles. The summed E-state index contributed by atoms with van der Waals surface area (Å²) < 4.78 is 5.30. The van der Waals surface area contributed by atoms with Gasteiger partial charge in [0.25, 0.3) is 5.91 Å². The van der Waals surface area contributed by atoms with Crippen molar-refractivity contribution in [2.75, 3.05) is 13.1 Å². The van der Waals surface area contributed by atoms with Gasteiger partial charge in [-0.25, -0.2) is 0 Å². The SMILES string of the molecule is N#Cc1cc2[nH]c(C(=O)N[C@@H](Cc3ccccc3)C(=O)N3CC(O)C3)cc2o1. The lowest BCUT2D eigenvalue weighted by Crippen LogP contribution is -2.59. The zero-order valence-corrected chi connectivity index (χ0v) is 14.9. The predicted molar refractivity (Wildman–Crippen MR) is 99.3 cm³/mol. The van der Waals surface area contributed by atoms with Crippen molar-refractivity contribution in [1.82, 2.24) is 15.2 Å². The number of aromatic amines is 1. The van der Waals surface area contributed by atoms with Crippen LogP contribution in [0.15, 0.2) is 46.9 Å². The van der Waals surface area contributed by atoms with Crippen molar-refractivity contribution in [2.45, 2.75) is 18.6 Å². The van der Waals surface area contributed by atoms with Crippen molar-refractivity contribution < 1.29 is 19.1 Å². The molecule has 0 saturated carbocycles. The number of rotatable bonds is 5. The molecule has 1 saturated heterocycles. The maximum Gasteiger partial charge on any atom is 0.268 e. The molecule has 28 heavy (non-hydrogen) atoms. The van der Waals surface area contributed by atoms with Crippen LogP contribution in [0.4, 0.5) is 0 Å². The van der Waals surface area contributed by atoms with Gasteiger partial charge in [-0.05, 0) is 5.56 Å². The van der Waals surface area contributed by atoms with Gasteiger partial charge in [0, 0.05) is 31.6 Å². The largest absolute Gasteiger partial charge is 0.444 e. The summed E-state index contributed by atoms with van der Waals surface area (Å²) in [6.45, 7) is 0.540. The van der Waals surface area contributed by atoms with E-state index in [0.29, 0.717) is 17.5 Å². The van der Waals surface area contributed by atoms with Crippen LogP contribution in [0.1, 0.15) is 21.8 Å². The van der Waals surface area contributed by atoms with Crippen LogP contribution in [0.5, 0.6) is 0 Å². The standard InChI is InChI=1S/C20H18N4O4/c21-9-14-7-15-18(28-14)8-16(22-15)19(26)23-17(6-12-4-2-1-3-5-12)20(27)24-10-13(25)11-24/h1-5,7-8,13,17,22,25H,6,10-11H2,(H,23,26)/t17-/m0/s1. The summed E-state index contributed by atoms with van der Waals surface area (Å²) in [5.74, 6) is -0.522. The molecule has 3 aromatic rings. The van der Waals surface area contributed by atoms with Crippen LogP contribution in [-0.2, 0) is 11.2 Å². The third-order valence-electron chi connectivity index (χ3n) is 4.72. The molecule has 1 fully saturated rings. The van der Waals surface area contributed by atoms with Gasteiger partial charge in [0.05, 0.1) is 11.6 Å². The Morgan fingerprint density at radius 1 is 1.32 bits per heavy atom. The van der Waals surface area contributed by atoms with E-state index in [2.05, 4.69) is 10.3 Å². The fraction of sp³-hybridized carbons (Fsp3) is 0.250. The van der Waals surface area contributed by atoms with Gasteiger partial charge in [-0.15, -0.1) is 0 Å². The number of hydrogen-bond acceptors (Lipinski definition) is 5. The summed E-state index contributed by atoms with van der Waals surface area (Å²) in [6, 6.07) is 13.6. The van der Waals surface area contributed by atoms with E-state index in [9.17, 15) is 14.7 Å². The van der Waals surface area contributed by atoms with Crippen molar-refractivity contribution in [2.24, 2.45) is 0 Å². The number of H-pyrrole nitrogens is 1. The van der Waals surface area contributed by atoms with Gasteiger partial charge in [0.2, 0.25) is 11.7 Å². The molecule has 1 aliphatic heterocycles. The number of aliphatic hydroxyl groups excluding tert-OH is 1. The predicted octanol–water partition coefficient (Wildman–Crippen LogP) is 1.18. The first-order valence-corrected chi connectivity index (χ1v) is 8.88. The molecule has 4 rings (SSSR count). The van der Waals surface area contributed by atoms with Crippen LogP contribution in [0.25, 0.3) is 11.1 Å². The third kappa shape index (κ3) is 3.48. The van der Waals surface area contributed by atoms with Crippen LogP contribution in [0, 0.1) is 11.3 Å². The Morgan fingerprint density at radius 2 is 2.07 bits per heavy atom. The van der Waals surface area contributed by atoms with Crippen molar-refractivity contribution in [3.05, 3.63) is 59.5 Å². The Bertz CT molecular complexity index is 1030. The van der Waals surface area contributed by atoms with E-state index in [4.69, 9.17) is 9.68 Å². The molecular formula is C20H18N4O4. The number of nitriles is 1. The molecule has 8 heteroatoms. The molecule has 1 atom stereocenters. The summed E-state index contributed by atoms with van der Waals surface area (Å²) in [7, 11) is 0. The second kappa shape index (κ2) is 7.21. The van der Waals surface area contributed by atoms with Crippen LogP contribution in [-0.4, -0.2) is 52.0 Å². The molecule has 0 radical (unpaired) electrons. The molecule has 0 aliphatic carbocycles. The number of hydrogen-bond donors (Lipinski definition) is 3. The first-order chi connectivity index (χ1) is 13.5. The number of carbonyl (C=O) groups is 2. The zero-order valence-electron chi connectivity index (χ0n) is 14.9. The number of amides is 2. The van der Waals surface area contributed by atoms with Gasteiger partial charge < -0.3 is 24.7 Å². The number of nitrogens with zero attached hydrogens (tertiary/aromatic N) is 2. The van der Waals surface area contributed by atoms with Crippen LogP contribution >= 0.6 is 0 Å². The first-order valence-electron chi connectivity index (χ1n) is 8.88. The quantitative estimate of drug-likeness (QED) is 0.615. The van der Waals surface area contributed by atoms with Crippen molar-refractivity contribution in [3.8, 4) is 6.07 Å². The fourth-order valence-electron chi connectivity index (χ4n) is 3.24. The Balaban J connectivity index is 1.52. The highest BCUT2D eigenvalue weighted by molar-refractivity contribution is 5.99. The monoisotopic (exact) mass is 378 g/mol. The normalized spacial score (nSPS) is 15.1. The van der Waals surface area contributed by atoms with E-state index in [-0.39, 0.29) is 30.5 Å². The molecule has 1 aliphatic rings. The Hall–Kier alpha value is -3.57. The van der Waals surface area contributed by atoms with Crippen LogP contribution in [0.2, 0.25) is 0 Å². The highest BCUT2D eigenvalue weighted by atomic mass is 16.3. The lowest BCUT2D eigenvalue weighted by Gasteiger charge is -2.38. The minimum atomic E-state index is -0.758. The average Bonchev–Trinajstić information content (AvgIpc) is 3.24. The number of furan rings is 1. The first kappa shape index (κ1) is 17.8. The molecule has 2 aromatic heterocycles. The maximum atomic E-state index is 12.8. The van der Waals surface area contributed by atoms with E-state index in [1.54, 1.807) is 0 Å². The molecule has 0 bridgehead atoms. The molecule has 0 spiro atoms. The number of nitrogens with one attached hydrogen (secondary N) is 2.